The summed E-state index contributed by atoms with van der Waals surface area (Å²) < 4.78 is 75.3. The first-order chi connectivity index (χ1) is 10.1. The van der Waals surface area contributed by atoms with Gasteiger partial charge in [-0.2, -0.15) is 31.4 Å². The van der Waals surface area contributed by atoms with Gasteiger partial charge in [0.15, 0.2) is 0 Å². The van der Waals surface area contributed by atoms with Crippen molar-refractivity contribution in [3.8, 4) is 11.1 Å². The van der Waals surface area contributed by atoms with E-state index in [0.717, 1.165) is 6.20 Å². The van der Waals surface area contributed by atoms with Crippen molar-refractivity contribution in [2.24, 2.45) is 0 Å². The van der Waals surface area contributed by atoms with E-state index in [2.05, 4.69) is 5.10 Å². The monoisotopic (exact) mass is 340 g/mol. The molecule has 0 amide bonds. The van der Waals surface area contributed by atoms with Gasteiger partial charge in [0, 0.05) is 10.5 Å². The third kappa shape index (κ3) is 3.96. The van der Waals surface area contributed by atoms with E-state index in [0.29, 0.717) is 17.3 Å². The van der Waals surface area contributed by atoms with Crippen LogP contribution in [0.5, 0.6) is 0 Å². The fourth-order valence-corrected chi connectivity index (χ4v) is 2.63. The Bertz CT molecular complexity index is 659. The van der Waals surface area contributed by atoms with Gasteiger partial charge in [-0.15, -0.1) is 11.8 Å². The number of hydrogen-bond acceptors (Lipinski definition) is 2. The van der Waals surface area contributed by atoms with Crippen LogP contribution in [0.2, 0.25) is 0 Å². The van der Waals surface area contributed by atoms with E-state index in [1.807, 2.05) is 5.10 Å². The molecule has 0 unspecified atom stereocenters. The molecule has 1 aromatic heterocycles. The van der Waals surface area contributed by atoms with Gasteiger partial charge in [0.25, 0.3) is 0 Å². The fraction of sp³-hybridized carbons (Fsp3) is 0.308. The molecule has 22 heavy (non-hydrogen) atoms. The Morgan fingerprint density at radius 3 is 2.41 bits per heavy atom. The zero-order valence-electron chi connectivity index (χ0n) is 11.1. The number of aromatic nitrogens is 2. The van der Waals surface area contributed by atoms with Crippen molar-refractivity contribution >= 4 is 11.8 Å². The molecule has 2 rings (SSSR count). The molecule has 0 spiro atoms. The molecule has 0 saturated heterocycles. The smallest absolute Gasteiger partial charge is 0.273 e. The van der Waals surface area contributed by atoms with Crippen molar-refractivity contribution in [2.45, 2.75) is 24.2 Å². The lowest BCUT2D eigenvalue weighted by Crippen LogP contribution is -2.10. The molecule has 0 aliphatic heterocycles. The molecule has 0 fully saturated rings. The molecule has 0 atom stereocenters. The Labute approximate surface area is 125 Å². The third-order valence-corrected chi connectivity index (χ3v) is 4.04. The van der Waals surface area contributed by atoms with Crippen LogP contribution in [0.15, 0.2) is 29.3 Å². The van der Waals surface area contributed by atoms with Crippen molar-refractivity contribution in [3.05, 3.63) is 35.7 Å². The number of hydrogen-bond donors (Lipinski definition) is 1. The summed E-state index contributed by atoms with van der Waals surface area (Å²) in [4.78, 5) is 0.282. The van der Waals surface area contributed by atoms with Gasteiger partial charge >= 0.3 is 12.4 Å². The highest BCUT2D eigenvalue weighted by Gasteiger charge is 2.36. The van der Waals surface area contributed by atoms with Crippen LogP contribution >= 0.6 is 11.8 Å². The molecule has 2 nitrogen and oxygen atoms in total. The quantitative estimate of drug-likeness (QED) is 0.625. The average molecular weight is 340 g/mol. The second-order valence-corrected chi connectivity index (χ2v) is 5.56. The molecule has 1 N–H and O–H groups in total. The molecule has 0 radical (unpaired) electrons. The number of nitrogens with one attached hydrogen (secondary N) is 1. The van der Waals surface area contributed by atoms with Crippen LogP contribution in [0.3, 0.4) is 0 Å². The summed E-state index contributed by atoms with van der Waals surface area (Å²) >= 11 is 0.542. The van der Waals surface area contributed by atoms with Crippen LogP contribution in [-0.4, -0.2) is 22.1 Å². The summed E-state index contributed by atoms with van der Waals surface area (Å²) in [5.74, 6) is -1.10. The maximum atomic E-state index is 12.8. The van der Waals surface area contributed by atoms with Crippen molar-refractivity contribution in [1.29, 1.82) is 0 Å². The van der Waals surface area contributed by atoms with Gasteiger partial charge in [-0.05, 0) is 24.1 Å². The van der Waals surface area contributed by atoms with Crippen molar-refractivity contribution in [3.63, 3.8) is 0 Å². The second-order valence-electron chi connectivity index (χ2n) is 4.54. The lowest BCUT2D eigenvalue weighted by molar-refractivity contribution is -0.140. The van der Waals surface area contributed by atoms with Crippen LogP contribution in [0.4, 0.5) is 26.3 Å². The normalized spacial score (nSPS) is 12.7. The molecule has 1 aromatic carbocycles. The van der Waals surface area contributed by atoms with Crippen LogP contribution in [0.25, 0.3) is 11.1 Å². The molecular weight excluding hydrogens is 330 g/mol. The van der Waals surface area contributed by atoms with Crippen molar-refractivity contribution < 1.29 is 26.3 Å². The van der Waals surface area contributed by atoms with Gasteiger partial charge in [0.1, 0.15) is 5.69 Å². The largest absolute Gasteiger partial charge is 0.433 e. The van der Waals surface area contributed by atoms with Crippen LogP contribution < -0.4 is 0 Å². The van der Waals surface area contributed by atoms with E-state index >= 15 is 0 Å². The summed E-state index contributed by atoms with van der Waals surface area (Å²) in [7, 11) is 0. The minimum absolute atomic E-state index is 0.163. The minimum atomic E-state index is -4.62. The van der Waals surface area contributed by atoms with E-state index in [1.54, 1.807) is 6.92 Å². The molecule has 120 valence electrons. The third-order valence-electron chi connectivity index (χ3n) is 2.81. The van der Waals surface area contributed by atoms with Crippen molar-refractivity contribution in [2.75, 3.05) is 5.75 Å². The molecule has 0 aliphatic carbocycles. The highest BCUT2D eigenvalue weighted by Crippen LogP contribution is 2.37. The molecule has 9 heteroatoms. The van der Waals surface area contributed by atoms with E-state index in [-0.39, 0.29) is 16.0 Å². The molecule has 1 heterocycles. The zero-order chi connectivity index (χ0) is 16.5. The van der Waals surface area contributed by atoms with Gasteiger partial charge in [-0.25, -0.2) is 0 Å². The number of benzene rings is 1. The highest BCUT2D eigenvalue weighted by molar-refractivity contribution is 7.99. The van der Waals surface area contributed by atoms with Gasteiger partial charge in [0.2, 0.25) is 0 Å². The SMILES string of the molecule is Cc1ccc(-c2cn[nH]c2C(F)(F)F)cc1SCC(F)(F)F. The maximum Gasteiger partial charge on any atom is 0.433 e. The Morgan fingerprint density at radius 2 is 1.82 bits per heavy atom. The Balaban J connectivity index is 2.36. The Kier molecular flexibility index (Phi) is 4.46. The number of thioether (sulfide) groups is 1. The van der Waals surface area contributed by atoms with Crippen LogP contribution in [0.1, 0.15) is 11.3 Å². The number of nitrogens with zero attached hydrogens (tertiary/aromatic N) is 1. The number of aromatic amines is 1. The van der Waals surface area contributed by atoms with Gasteiger partial charge in [0.05, 0.1) is 11.9 Å². The molecule has 0 saturated carbocycles. The number of aryl methyl sites for hydroxylation is 1. The van der Waals surface area contributed by atoms with E-state index in [9.17, 15) is 26.3 Å². The van der Waals surface area contributed by atoms with E-state index in [4.69, 9.17) is 0 Å². The molecule has 2 aromatic rings. The fourth-order valence-electron chi connectivity index (χ4n) is 1.80. The summed E-state index contributed by atoms with van der Waals surface area (Å²) in [6, 6.07) is 4.22. The zero-order valence-corrected chi connectivity index (χ0v) is 12.0. The maximum absolute atomic E-state index is 12.8. The van der Waals surface area contributed by atoms with Gasteiger partial charge in [-0.3, -0.25) is 5.10 Å². The highest BCUT2D eigenvalue weighted by atomic mass is 32.2. The predicted octanol–water partition coefficient (Wildman–Crippen LogP) is 5.06. The topological polar surface area (TPSA) is 28.7 Å². The van der Waals surface area contributed by atoms with Crippen molar-refractivity contribution in [1.82, 2.24) is 10.2 Å². The van der Waals surface area contributed by atoms with Gasteiger partial charge < -0.3 is 0 Å². The predicted molar refractivity (Wildman–Crippen MR) is 70.5 cm³/mol. The number of halogens is 6. The van der Waals surface area contributed by atoms with E-state index in [1.165, 1.54) is 18.2 Å². The standard InChI is InChI=1S/C13H10F6N2S/c1-7-2-3-8(4-10(7)22-6-12(14,15)16)9-5-20-21-11(9)13(17,18)19/h2-5H,6H2,1H3,(H,20,21). The lowest BCUT2D eigenvalue weighted by atomic mass is 10.0. The summed E-state index contributed by atoms with van der Waals surface area (Å²) in [5, 5.41) is 5.24. The first-order valence-electron chi connectivity index (χ1n) is 5.99. The van der Waals surface area contributed by atoms with Crippen LogP contribution in [0, 0.1) is 6.92 Å². The molecule has 0 aliphatic rings. The number of rotatable bonds is 3. The minimum Gasteiger partial charge on any atom is -0.273 e. The number of alkyl halides is 6. The Morgan fingerprint density at radius 1 is 1.14 bits per heavy atom. The molecule has 0 bridgehead atoms. The van der Waals surface area contributed by atoms with E-state index < -0.39 is 23.8 Å². The van der Waals surface area contributed by atoms with Crippen LogP contribution in [-0.2, 0) is 6.18 Å². The summed E-state index contributed by atoms with van der Waals surface area (Å²) in [5.41, 5.74) is -0.490. The second kappa shape index (κ2) is 5.86. The molecular formula is C13H10F6N2S. The summed E-state index contributed by atoms with van der Waals surface area (Å²) in [6.07, 6.45) is -7.96. The lowest BCUT2D eigenvalue weighted by Gasteiger charge is -2.11. The Hall–Kier alpha value is -1.64. The van der Waals surface area contributed by atoms with Gasteiger partial charge in [-0.1, -0.05) is 12.1 Å². The first-order valence-corrected chi connectivity index (χ1v) is 6.97. The number of H-pyrrole nitrogens is 1. The average Bonchev–Trinajstić information content (AvgIpc) is 2.86. The first kappa shape index (κ1) is 16.7. The summed E-state index contributed by atoms with van der Waals surface area (Å²) in [6.45, 7) is 1.60.